The highest BCUT2D eigenvalue weighted by Gasteiger charge is 2.52. The SMILES string of the molecule is Cc1ccccc1N1CCC([C@@H]2C(=O)N(C)C(=N)N[C@]2(C)c2cc(-c3cccc(C#N)c3)cs2)CC1. The van der Waals surface area contributed by atoms with Crippen LogP contribution in [0.15, 0.2) is 60.0 Å². The first-order valence-electron chi connectivity index (χ1n) is 12.4. The van der Waals surface area contributed by atoms with Crippen molar-refractivity contribution in [1.82, 2.24) is 10.2 Å². The number of hydrogen-bond donors (Lipinski definition) is 2. The molecule has 2 saturated heterocycles. The molecule has 2 atom stereocenters. The molecule has 5 rings (SSSR count). The highest BCUT2D eigenvalue weighted by Crippen LogP contribution is 2.45. The number of aryl methyl sites for hydroxylation is 1. The van der Waals surface area contributed by atoms with Crippen molar-refractivity contribution in [3.8, 4) is 17.2 Å². The Morgan fingerprint density at radius 1 is 1.11 bits per heavy atom. The second kappa shape index (κ2) is 9.44. The van der Waals surface area contributed by atoms with Crippen LogP contribution in [0.5, 0.6) is 0 Å². The maximum Gasteiger partial charge on any atom is 0.235 e. The quantitative estimate of drug-likeness (QED) is 0.510. The second-order valence-electron chi connectivity index (χ2n) is 10.1. The van der Waals surface area contributed by atoms with Gasteiger partial charge in [-0.05, 0) is 78.9 Å². The fourth-order valence-electron chi connectivity index (χ4n) is 5.78. The van der Waals surface area contributed by atoms with E-state index in [1.807, 2.05) is 18.2 Å². The van der Waals surface area contributed by atoms with Crippen LogP contribution in [0.25, 0.3) is 11.1 Å². The van der Waals surface area contributed by atoms with Crippen molar-refractivity contribution in [3.05, 3.63) is 76.0 Å². The lowest BCUT2D eigenvalue weighted by molar-refractivity contribution is -0.138. The topological polar surface area (TPSA) is 83.2 Å². The zero-order chi connectivity index (χ0) is 25.4. The molecule has 2 fully saturated rings. The smallest absolute Gasteiger partial charge is 0.235 e. The predicted octanol–water partition coefficient (Wildman–Crippen LogP) is 5.34. The maximum absolute atomic E-state index is 13.7. The first kappa shape index (κ1) is 24.1. The summed E-state index contributed by atoms with van der Waals surface area (Å²) in [5, 5.41) is 23.3. The molecule has 0 unspecified atom stereocenters. The number of benzene rings is 2. The molecule has 36 heavy (non-hydrogen) atoms. The third-order valence-electron chi connectivity index (χ3n) is 7.84. The highest BCUT2D eigenvalue weighted by molar-refractivity contribution is 7.10. The Morgan fingerprint density at radius 2 is 1.86 bits per heavy atom. The van der Waals surface area contributed by atoms with Crippen LogP contribution in [0.2, 0.25) is 0 Å². The number of anilines is 1. The molecule has 7 heteroatoms. The molecular weight excluding hydrogens is 466 g/mol. The largest absolute Gasteiger partial charge is 0.371 e. The zero-order valence-electron chi connectivity index (χ0n) is 20.9. The van der Waals surface area contributed by atoms with Gasteiger partial charge >= 0.3 is 0 Å². The Morgan fingerprint density at radius 3 is 2.58 bits per heavy atom. The van der Waals surface area contributed by atoms with Gasteiger partial charge < -0.3 is 10.2 Å². The van der Waals surface area contributed by atoms with Crippen LogP contribution in [-0.2, 0) is 10.3 Å². The number of guanidine groups is 1. The summed E-state index contributed by atoms with van der Waals surface area (Å²) in [4.78, 5) is 18.6. The molecular formula is C29H31N5OS. The molecule has 0 spiro atoms. The van der Waals surface area contributed by atoms with Gasteiger partial charge in [0.25, 0.3) is 0 Å². The van der Waals surface area contributed by atoms with E-state index in [1.165, 1.54) is 16.2 Å². The van der Waals surface area contributed by atoms with Crippen LogP contribution >= 0.6 is 11.3 Å². The Balaban J connectivity index is 1.44. The number of carbonyl (C=O) groups excluding carboxylic acids is 1. The van der Waals surface area contributed by atoms with Gasteiger partial charge in [0.15, 0.2) is 5.96 Å². The van der Waals surface area contributed by atoms with Gasteiger partial charge in [-0.2, -0.15) is 5.26 Å². The molecule has 0 saturated carbocycles. The van der Waals surface area contributed by atoms with E-state index in [0.717, 1.165) is 41.9 Å². The number of thiophene rings is 1. The van der Waals surface area contributed by atoms with Gasteiger partial charge in [0.2, 0.25) is 5.91 Å². The van der Waals surface area contributed by atoms with E-state index in [4.69, 9.17) is 5.41 Å². The first-order valence-corrected chi connectivity index (χ1v) is 13.2. The van der Waals surface area contributed by atoms with E-state index in [0.29, 0.717) is 5.56 Å². The summed E-state index contributed by atoms with van der Waals surface area (Å²) in [7, 11) is 1.69. The fourth-order valence-corrected chi connectivity index (χ4v) is 6.86. The third-order valence-corrected chi connectivity index (χ3v) is 9.00. The fraction of sp³-hybridized carbons (Fsp3) is 0.345. The minimum atomic E-state index is -0.675. The molecule has 3 aromatic rings. The molecule has 2 aliphatic heterocycles. The lowest BCUT2D eigenvalue weighted by atomic mass is 9.70. The Bertz CT molecular complexity index is 1350. The second-order valence-corrected chi connectivity index (χ2v) is 11.0. The van der Waals surface area contributed by atoms with Crippen molar-refractivity contribution >= 4 is 28.9 Å². The van der Waals surface area contributed by atoms with Crippen LogP contribution in [0.4, 0.5) is 5.69 Å². The summed E-state index contributed by atoms with van der Waals surface area (Å²) < 4.78 is 0. The molecule has 2 aliphatic rings. The van der Waals surface area contributed by atoms with Crippen molar-refractivity contribution in [2.24, 2.45) is 11.8 Å². The van der Waals surface area contributed by atoms with Crippen molar-refractivity contribution in [2.45, 2.75) is 32.2 Å². The van der Waals surface area contributed by atoms with Gasteiger partial charge in [0.05, 0.1) is 23.1 Å². The summed E-state index contributed by atoms with van der Waals surface area (Å²) in [5.41, 5.74) is 4.51. The minimum absolute atomic E-state index is 0.0111. The predicted molar refractivity (Wildman–Crippen MR) is 145 cm³/mol. The van der Waals surface area contributed by atoms with Crippen molar-refractivity contribution in [3.63, 3.8) is 0 Å². The Kier molecular flexibility index (Phi) is 6.31. The molecule has 6 nitrogen and oxygen atoms in total. The molecule has 184 valence electrons. The van der Waals surface area contributed by atoms with E-state index < -0.39 is 5.54 Å². The van der Waals surface area contributed by atoms with E-state index in [2.05, 4.69) is 65.8 Å². The van der Waals surface area contributed by atoms with Crippen molar-refractivity contribution < 1.29 is 4.79 Å². The number of hydrogen-bond acceptors (Lipinski definition) is 5. The number of piperidine rings is 1. The molecule has 1 amide bonds. The summed E-state index contributed by atoms with van der Waals surface area (Å²) >= 11 is 1.61. The van der Waals surface area contributed by atoms with E-state index in [9.17, 15) is 10.1 Å². The molecule has 1 aromatic heterocycles. The number of nitriles is 1. The number of nitrogens with one attached hydrogen (secondary N) is 2. The van der Waals surface area contributed by atoms with E-state index in [-0.39, 0.29) is 23.7 Å². The van der Waals surface area contributed by atoms with Crippen LogP contribution < -0.4 is 10.2 Å². The Labute approximate surface area is 216 Å². The van der Waals surface area contributed by atoms with Crippen LogP contribution in [0.3, 0.4) is 0 Å². The molecule has 3 heterocycles. The summed E-state index contributed by atoms with van der Waals surface area (Å²) in [5.74, 6) is 0.0837. The zero-order valence-corrected chi connectivity index (χ0v) is 21.7. The summed E-state index contributed by atoms with van der Waals surface area (Å²) in [6.45, 7) is 6.04. The number of nitrogens with zero attached hydrogens (tertiary/aromatic N) is 3. The monoisotopic (exact) mass is 497 g/mol. The van der Waals surface area contributed by atoms with E-state index in [1.54, 1.807) is 24.5 Å². The molecule has 0 aliphatic carbocycles. The lowest BCUT2D eigenvalue weighted by Gasteiger charge is -2.49. The van der Waals surface area contributed by atoms with Crippen LogP contribution in [-0.4, -0.2) is 36.9 Å². The maximum atomic E-state index is 13.7. The number of para-hydroxylation sites is 1. The average molecular weight is 498 g/mol. The van der Waals surface area contributed by atoms with Gasteiger partial charge in [-0.25, -0.2) is 0 Å². The Hall–Kier alpha value is -3.63. The highest BCUT2D eigenvalue weighted by atomic mass is 32.1. The van der Waals surface area contributed by atoms with Crippen LogP contribution in [0.1, 0.15) is 35.8 Å². The minimum Gasteiger partial charge on any atom is -0.371 e. The van der Waals surface area contributed by atoms with E-state index >= 15 is 0 Å². The molecule has 2 aromatic carbocycles. The van der Waals surface area contributed by atoms with Crippen molar-refractivity contribution in [1.29, 1.82) is 10.7 Å². The normalized spacial score (nSPS) is 22.9. The lowest BCUT2D eigenvalue weighted by Crippen LogP contribution is -2.65. The standard InChI is InChI=1S/C29H31N5OS/c1-19-7-4-5-10-24(19)34-13-11-21(12-14-34)26-27(35)33(3)28(31)32-29(26,2)25-16-23(18-36-25)22-9-6-8-20(15-22)17-30/h4-10,15-16,18,21,26H,11-14H2,1-3H3,(H2,31,32)/t26-,29-/m1/s1. The van der Waals surface area contributed by atoms with Gasteiger partial charge in [-0.3, -0.25) is 15.1 Å². The molecule has 0 radical (unpaired) electrons. The average Bonchev–Trinajstić information content (AvgIpc) is 3.40. The first-order chi connectivity index (χ1) is 17.3. The van der Waals surface area contributed by atoms with Gasteiger partial charge in [-0.15, -0.1) is 11.3 Å². The molecule has 0 bridgehead atoms. The van der Waals surface area contributed by atoms with Gasteiger partial charge in [0.1, 0.15) is 0 Å². The van der Waals surface area contributed by atoms with Crippen molar-refractivity contribution in [2.75, 3.05) is 25.0 Å². The van der Waals surface area contributed by atoms with Gasteiger partial charge in [0, 0.05) is 30.7 Å². The summed E-state index contributed by atoms with van der Waals surface area (Å²) in [6.07, 6.45) is 1.84. The number of amides is 1. The summed E-state index contributed by atoms with van der Waals surface area (Å²) in [6, 6.07) is 20.4. The number of carbonyl (C=O) groups is 1. The number of rotatable bonds is 4. The molecule has 2 N–H and O–H groups in total. The third kappa shape index (κ3) is 4.16. The van der Waals surface area contributed by atoms with Gasteiger partial charge in [-0.1, -0.05) is 30.3 Å². The van der Waals surface area contributed by atoms with Crippen LogP contribution in [0, 0.1) is 35.5 Å².